The van der Waals surface area contributed by atoms with Gasteiger partial charge in [0.1, 0.15) is 12.4 Å². The van der Waals surface area contributed by atoms with Gasteiger partial charge in [0.05, 0.1) is 11.8 Å². The highest BCUT2D eigenvalue weighted by Crippen LogP contribution is 2.18. The number of benzene rings is 1. The minimum Gasteiger partial charge on any atom is -0.492 e. The summed E-state index contributed by atoms with van der Waals surface area (Å²) in [7, 11) is -3.61. The van der Waals surface area contributed by atoms with Gasteiger partial charge in [-0.05, 0) is 12.1 Å². The molecule has 7 heteroatoms. The van der Waals surface area contributed by atoms with E-state index in [1.165, 1.54) is 6.07 Å². The molecule has 0 saturated heterocycles. The molecule has 0 unspecified atom stereocenters. The predicted octanol–water partition coefficient (Wildman–Crippen LogP) is 0.289. The molecular weight excluding hydrogens is 242 g/mol. The summed E-state index contributed by atoms with van der Waals surface area (Å²) in [5.41, 5.74) is 5.64. The molecule has 1 aromatic carbocycles. The fourth-order valence-electron chi connectivity index (χ4n) is 1.13. The molecule has 0 aliphatic carbocycles. The molecule has 0 bridgehead atoms. The van der Waals surface area contributed by atoms with Crippen LogP contribution in [-0.4, -0.2) is 27.3 Å². The lowest BCUT2D eigenvalue weighted by Crippen LogP contribution is -2.15. The Morgan fingerprint density at radius 1 is 1.47 bits per heavy atom. The fourth-order valence-corrected chi connectivity index (χ4v) is 1.85. The zero-order chi connectivity index (χ0) is 12.7. The third-order valence-corrected chi connectivity index (χ3v) is 2.80. The highest BCUT2D eigenvalue weighted by molar-refractivity contribution is 7.92. The molecule has 3 N–H and O–H groups in total. The van der Waals surface area contributed by atoms with Gasteiger partial charge in [0.15, 0.2) is 5.75 Å². The van der Waals surface area contributed by atoms with Crippen LogP contribution in [0.1, 0.15) is 0 Å². The van der Waals surface area contributed by atoms with Crippen molar-refractivity contribution in [2.24, 2.45) is 5.73 Å². The predicted molar refractivity (Wildman–Crippen MR) is 64.0 cm³/mol. The number of ether oxygens (including phenoxy) is 1. The Kier molecular flexibility index (Phi) is 4.75. The first-order chi connectivity index (χ1) is 8.07. The molecule has 0 fully saturated rings. The SMILES string of the molecule is N#CCS(=O)(=O)Nc1cccc(OCCN)c1. The van der Waals surface area contributed by atoms with Crippen molar-refractivity contribution in [3.05, 3.63) is 24.3 Å². The van der Waals surface area contributed by atoms with Crippen molar-refractivity contribution in [3.63, 3.8) is 0 Å². The van der Waals surface area contributed by atoms with Crippen molar-refractivity contribution in [2.45, 2.75) is 0 Å². The Morgan fingerprint density at radius 2 is 2.24 bits per heavy atom. The van der Waals surface area contributed by atoms with Gasteiger partial charge in [0.25, 0.3) is 0 Å². The van der Waals surface area contributed by atoms with Gasteiger partial charge in [-0.1, -0.05) is 6.07 Å². The van der Waals surface area contributed by atoms with Crippen LogP contribution in [0.4, 0.5) is 5.69 Å². The van der Waals surface area contributed by atoms with Crippen LogP contribution in [0.25, 0.3) is 0 Å². The minimum atomic E-state index is -3.61. The third kappa shape index (κ3) is 4.72. The van der Waals surface area contributed by atoms with E-state index in [-0.39, 0.29) is 0 Å². The van der Waals surface area contributed by atoms with E-state index >= 15 is 0 Å². The Morgan fingerprint density at radius 3 is 2.88 bits per heavy atom. The maximum absolute atomic E-state index is 11.3. The third-order valence-electron chi connectivity index (χ3n) is 1.75. The molecule has 0 radical (unpaired) electrons. The van der Waals surface area contributed by atoms with Crippen LogP contribution in [0.5, 0.6) is 5.75 Å². The van der Waals surface area contributed by atoms with E-state index < -0.39 is 15.8 Å². The van der Waals surface area contributed by atoms with E-state index in [0.717, 1.165) is 0 Å². The molecule has 0 aliphatic rings. The number of sulfonamides is 1. The number of hydrogen-bond acceptors (Lipinski definition) is 5. The van der Waals surface area contributed by atoms with E-state index in [1.807, 2.05) is 0 Å². The van der Waals surface area contributed by atoms with Gasteiger partial charge in [-0.15, -0.1) is 0 Å². The molecular formula is C10H13N3O3S. The Labute approximate surface area is 100 Å². The zero-order valence-corrected chi connectivity index (χ0v) is 9.90. The molecule has 0 atom stereocenters. The van der Waals surface area contributed by atoms with Crippen molar-refractivity contribution in [2.75, 3.05) is 23.6 Å². The Bertz CT molecular complexity index is 508. The van der Waals surface area contributed by atoms with Crippen LogP contribution < -0.4 is 15.2 Å². The monoisotopic (exact) mass is 255 g/mol. The van der Waals surface area contributed by atoms with Crippen molar-refractivity contribution in [1.29, 1.82) is 5.26 Å². The van der Waals surface area contributed by atoms with Crippen LogP contribution in [0.15, 0.2) is 24.3 Å². The highest BCUT2D eigenvalue weighted by Gasteiger charge is 2.09. The molecule has 1 rings (SSSR count). The quantitative estimate of drug-likeness (QED) is 0.760. The molecule has 0 amide bonds. The first kappa shape index (κ1) is 13.3. The molecule has 0 aromatic heterocycles. The van der Waals surface area contributed by atoms with Gasteiger partial charge >= 0.3 is 0 Å². The second-order valence-corrected chi connectivity index (χ2v) is 4.91. The number of rotatable bonds is 6. The zero-order valence-electron chi connectivity index (χ0n) is 9.09. The number of hydrogen-bond donors (Lipinski definition) is 2. The van der Waals surface area contributed by atoms with Crippen LogP contribution in [0.2, 0.25) is 0 Å². The van der Waals surface area contributed by atoms with Gasteiger partial charge in [-0.3, -0.25) is 4.72 Å². The molecule has 0 aliphatic heterocycles. The summed E-state index contributed by atoms with van der Waals surface area (Å²) in [6.07, 6.45) is 0. The average molecular weight is 255 g/mol. The van der Waals surface area contributed by atoms with Gasteiger partial charge in [0.2, 0.25) is 10.0 Å². The highest BCUT2D eigenvalue weighted by atomic mass is 32.2. The number of nitrogens with one attached hydrogen (secondary N) is 1. The Balaban J connectivity index is 2.76. The second kappa shape index (κ2) is 6.08. The van der Waals surface area contributed by atoms with E-state index in [9.17, 15) is 8.42 Å². The topological polar surface area (TPSA) is 105 Å². The van der Waals surface area contributed by atoms with Crippen LogP contribution in [0.3, 0.4) is 0 Å². The maximum atomic E-state index is 11.3. The molecule has 92 valence electrons. The summed E-state index contributed by atoms with van der Waals surface area (Å²) in [4.78, 5) is 0. The van der Waals surface area contributed by atoms with Crippen molar-refractivity contribution >= 4 is 15.7 Å². The summed E-state index contributed by atoms with van der Waals surface area (Å²) in [5, 5.41) is 8.34. The van der Waals surface area contributed by atoms with Crippen molar-refractivity contribution in [3.8, 4) is 11.8 Å². The van der Waals surface area contributed by atoms with E-state index in [4.69, 9.17) is 15.7 Å². The standard InChI is InChI=1S/C10H13N3O3S/c11-4-6-16-10-3-1-2-9(8-10)13-17(14,15)7-5-12/h1-3,8,13H,4,6-7,11H2. The van der Waals surface area contributed by atoms with Gasteiger partial charge in [0, 0.05) is 12.6 Å². The molecule has 1 aromatic rings. The number of nitrogens with two attached hydrogens (primary N) is 1. The number of anilines is 1. The summed E-state index contributed by atoms with van der Waals surface area (Å²) in [6.45, 7) is 0.735. The molecule has 0 saturated carbocycles. The van der Waals surface area contributed by atoms with Crippen LogP contribution >= 0.6 is 0 Å². The van der Waals surface area contributed by atoms with Gasteiger partial charge < -0.3 is 10.5 Å². The fraction of sp³-hybridized carbons (Fsp3) is 0.300. The van der Waals surface area contributed by atoms with Crippen molar-refractivity contribution < 1.29 is 13.2 Å². The van der Waals surface area contributed by atoms with Crippen LogP contribution in [-0.2, 0) is 10.0 Å². The average Bonchev–Trinajstić information content (AvgIpc) is 2.26. The lowest BCUT2D eigenvalue weighted by atomic mass is 10.3. The second-order valence-electron chi connectivity index (χ2n) is 3.18. The van der Waals surface area contributed by atoms with E-state index in [0.29, 0.717) is 24.6 Å². The first-order valence-electron chi connectivity index (χ1n) is 4.88. The molecule has 0 spiro atoms. The lowest BCUT2D eigenvalue weighted by molar-refractivity contribution is 0.328. The first-order valence-corrected chi connectivity index (χ1v) is 6.53. The minimum absolute atomic E-state index is 0.356. The lowest BCUT2D eigenvalue weighted by Gasteiger charge is -2.08. The smallest absolute Gasteiger partial charge is 0.246 e. The van der Waals surface area contributed by atoms with Gasteiger partial charge in [-0.2, -0.15) is 5.26 Å². The normalized spacial score (nSPS) is 10.6. The summed E-state index contributed by atoms with van der Waals surface area (Å²) < 4.78 is 30.2. The maximum Gasteiger partial charge on any atom is 0.246 e. The summed E-state index contributed by atoms with van der Waals surface area (Å²) >= 11 is 0. The molecule has 6 nitrogen and oxygen atoms in total. The Hall–Kier alpha value is -1.78. The van der Waals surface area contributed by atoms with E-state index in [1.54, 1.807) is 24.3 Å². The number of nitrogens with zero attached hydrogens (tertiary/aromatic N) is 1. The largest absolute Gasteiger partial charge is 0.492 e. The van der Waals surface area contributed by atoms with Crippen LogP contribution in [0, 0.1) is 11.3 Å². The number of nitriles is 1. The summed E-state index contributed by atoms with van der Waals surface area (Å²) in [5.74, 6) is -0.0615. The van der Waals surface area contributed by atoms with E-state index in [2.05, 4.69) is 4.72 Å². The van der Waals surface area contributed by atoms with Crippen molar-refractivity contribution in [1.82, 2.24) is 0 Å². The summed E-state index contributed by atoms with van der Waals surface area (Å²) in [6, 6.07) is 8.03. The molecule has 0 heterocycles. The van der Waals surface area contributed by atoms with Gasteiger partial charge in [-0.25, -0.2) is 8.42 Å². The molecule has 17 heavy (non-hydrogen) atoms.